The summed E-state index contributed by atoms with van der Waals surface area (Å²) in [5.74, 6) is 0.671. The Kier molecular flexibility index (Phi) is 2.93. The van der Waals surface area contributed by atoms with E-state index < -0.39 is 0 Å². The van der Waals surface area contributed by atoms with Gasteiger partial charge < -0.3 is 10.2 Å². The summed E-state index contributed by atoms with van der Waals surface area (Å²) in [6.07, 6.45) is 0. The maximum Gasteiger partial charge on any atom is 0.204 e. The van der Waals surface area contributed by atoms with E-state index in [9.17, 15) is 0 Å². The Hall–Kier alpha value is -1.95. The van der Waals surface area contributed by atoms with Gasteiger partial charge in [-0.05, 0) is 29.5 Å². The van der Waals surface area contributed by atoms with Crippen LogP contribution in [0.3, 0.4) is 0 Å². The predicted octanol–water partition coefficient (Wildman–Crippen LogP) is 0.287. The number of nitrogens with one attached hydrogen (secondary N) is 1. The highest BCUT2D eigenvalue weighted by Crippen LogP contribution is 2.20. The summed E-state index contributed by atoms with van der Waals surface area (Å²) >= 11 is 0. The fourth-order valence-electron chi connectivity index (χ4n) is 2.14. The van der Waals surface area contributed by atoms with Crippen LogP contribution in [0.25, 0.3) is 11.4 Å². The number of tetrazole rings is 1. The van der Waals surface area contributed by atoms with E-state index in [-0.39, 0.29) is 0 Å². The monoisotopic (exact) mass is 244 g/mol. The molecule has 0 atom stereocenters. The summed E-state index contributed by atoms with van der Waals surface area (Å²) in [5, 5.41) is 15.4. The highest BCUT2D eigenvalue weighted by molar-refractivity contribution is 5.59. The number of benzene rings is 1. The molecule has 1 aliphatic heterocycles. The van der Waals surface area contributed by atoms with Crippen molar-refractivity contribution in [3.63, 3.8) is 0 Å². The Bertz CT molecular complexity index is 512. The first-order valence-corrected chi connectivity index (χ1v) is 6.13. The predicted molar refractivity (Wildman–Crippen MR) is 69.3 cm³/mol. The third kappa shape index (κ3) is 2.19. The minimum atomic E-state index is 0.671. The zero-order chi connectivity index (χ0) is 12.4. The average molecular weight is 244 g/mol. The lowest BCUT2D eigenvalue weighted by atomic mass is 10.2. The number of nitrogens with zero attached hydrogens (tertiary/aromatic N) is 5. The van der Waals surface area contributed by atoms with Crippen LogP contribution in [0, 0.1) is 0 Å². The van der Waals surface area contributed by atoms with Crippen LogP contribution in [0.15, 0.2) is 24.3 Å². The standard InChI is InChI=1S/C12H16N6/c1-17-15-12(14-16-17)10-2-4-11(5-3-10)18-8-6-13-7-9-18/h2-5,13H,6-9H2,1H3. The largest absolute Gasteiger partial charge is 0.369 e. The van der Waals surface area contributed by atoms with E-state index in [1.54, 1.807) is 7.05 Å². The summed E-state index contributed by atoms with van der Waals surface area (Å²) in [6.45, 7) is 4.21. The van der Waals surface area contributed by atoms with Gasteiger partial charge in [0, 0.05) is 37.4 Å². The van der Waals surface area contributed by atoms with Crippen LogP contribution in [0.1, 0.15) is 0 Å². The lowest BCUT2D eigenvalue weighted by molar-refractivity contribution is 0.589. The number of hydrogen-bond acceptors (Lipinski definition) is 5. The third-order valence-electron chi connectivity index (χ3n) is 3.12. The van der Waals surface area contributed by atoms with Gasteiger partial charge in [-0.1, -0.05) is 0 Å². The van der Waals surface area contributed by atoms with E-state index in [1.165, 1.54) is 10.5 Å². The number of piperazine rings is 1. The highest BCUT2D eigenvalue weighted by atomic mass is 15.6. The molecule has 94 valence electrons. The molecule has 0 radical (unpaired) electrons. The van der Waals surface area contributed by atoms with Crippen molar-refractivity contribution in [2.75, 3.05) is 31.1 Å². The molecule has 2 aromatic rings. The van der Waals surface area contributed by atoms with Gasteiger partial charge in [0.1, 0.15) is 0 Å². The Balaban J connectivity index is 1.80. The second kappa shape index (κ2) is 4.73. The molecule has 1 N–H and O–H groups in total. The van der Waals surface area contributed by atoms with Gasteiger partial charge >= 0.3 is 0 Å². The maximum absolute atomic E-state index is 4.19. The molecule has 6 nitrogen and oxygen atoms in total. The van der Waals surface area contributed by atoms with E-state index in [4.69, 9.17) is 0 Å². The van der Waals surface area contributed by atoms with Crippen molar-refractivity contribution in [3.8, 4) is 11.4 Å². The molecule has 6 heteroatoms. The maximum atomic E-state index is 4.19. The van der Waals surface area contributed by atoms with Gasteiger partial charge in [0.05, 0.1) is 7.05 Å². The van der Waals surface area contributed by atoms with Crippen molar-refractivity contribution in [1.29, 1.82) is 0 Å². The van der Waals surface area contributed by atoms with E-state index in [1.807, 2.05) is 12.1 Å². The Labute approximate surface area is 106 Å². The van der Waals surface area contributed by atoms with Gasteiger partial charge in [-0.2, -0.15) is 4.80 Å². The molecule has 0 unspecified atom stereocenters. The third-order valence-corrected chi connectivity index (χ3v) is 3.12. The van der Waals surface area contributed by atoms with E-state index in [0.717, 1.165) is 31.7 Å². The minimum absolute atomic E-state index is 0.671. The van der Waals surface area contributed by atoms with E-state index >= 15 is 0 Å². The number of rotatable bonds is 2. The van der Waals surface area contributed by atoms with Gasteiger partial charge in [-0.15, -0.1) is 10.2 Å². The van der Waals surface area contributed by atoms with E-state index in [0.29, 0.717) is 5.82 Å². The van der Waals surface area contributed by atoms with E-state index in [2.05, 4.69) is 37.8 Å². The van der Waals surface area contributed by atoms with Gasteiger partial charge in [0.25, 0.3) is 0 Å². The number of hydrogen-bond donors (Lipinski definition) is 1. The molecule has 1 aromatic carbocycles. The Morgan fingerprint density at radius 3 is 2.44 bits per heavy atom. The SMILES string of the molecule is Cn1nnc(-c2ccc(N3CCNCC3)cc2)n1. The van der Waals surface area contributed by atoms with Crippen molar-refractivity contribution >= 4 is 5.69 Å². The summed E-state index contributed by atoms with van der Waals surface area (Å²) in [7, 11) is 1.77. The number of aromatic nitrogens is 4. The van der Waals surface area contributed by atoms with Crippen molar-refractivity contribution in [2.45, 2.75) is 0 Å². The normalized spacial score (nSPS) is 15.9. The molecule has 0 saturated carbocycles. The molecule has 1 fully saturated rings. The molecule has 3 rings (SSSR count). The summed E-state index contributed by atoms with van der Waals surface area (Å²) in [5.41, 5.74) is 2.26. The van der Waals surface area contributed by atoms with Crippen molar-refractivity contribution in [3.05, 3.63) is 24.3 Å². The summed E-state index contributed by atoms with van der Waals surface area (Å²) < 4.78 is 0. The number of aryl methyl sites for hydroxylation is 1. The fourth-order valence-corrected chi connectivity index (χ4v) is 2.14. The molecule has 1 saturated heterocycles. The van der Waals surface area contributed by atoms with Crippen LogP contribution in [-0.4, -0.2) is 46.4 Å². The van der Waals surface area contributed by atoms with Gasteiger partial charge in [-0.25, -0.2) is 0 Å². The van der Waals surface area contributed by atoms with Crippen LogP contribution in [0.2, 0.25) is 0 Å². The van der Waals surface area contributed by atoms with Gasteiger partial charge in [-0.3, -0.25) is 0 Å². The average Bonchev–Trinajstić information content (AvgIpc) is 2.87. The first-order chi connectivity index (χ1) is 8.83. The van der Waals surface area contributed by atoms with Crippen LogP contribution in [0.4, 0.5) is 5.69 Å². The topological polar surface area (TPSA) is 58.9 Å². The Morgan fingerprint density at radius 1 is 1.11 bits per heavy atom. The molecule has 0 spiro atoms. The molecule has 2 heterocycles. The quantitative estimate of drug-likeness (QED) is 0.822. The van der Waals surface area contributed by atoms with Crippen LogP contribution >= 0.6 is 0 Å². The van der Waals surface area contributed by atoms with Crippen LogP contribution in [0.5, 0.6) is 0 Å². The van der Waals surface area contributed by atoms with Crippen molar-refractivity contribution in [1.82, 2.24) is 25.5 Å². The summed E-state index contributed by atoms with van der Waals surface area (Å²) in [4.78, 5) is 3.85. The molecule has 1 aliphatic rings. The van der Waals surface area contributed by atoms with Crippen LogP contribution < -0.4 is 10.2 Å². The van der Waals surface area contributed by atoms with Crippen molar-refractivity contribution < 1.29 is 0 Å². The molecule has 0 bridgehead atoms. The lowest BCUT2D eigenvalue weighted by Gasteiger charge is -2.29. The molecular formula is C12H16N6. The smallest absolute Gasteiger partial charge is 0.204 e. The van der Waals surface area contributed by atoms with Gasteiger partial charge in [0.2, 0.25) is 5.82 Å². The van der Waals surface area contributed by atoms with Gasteiger partial charge in [0.15, 0.2) is 0 Å². The number of anilines is 1. The first-order valence-electron chi connectivity index (χ1n) is 6.13. The lowest BCUT2D eigenvalue weighted by Crippen LogP contribution is -2.43. The molecule has 1 aromatic heterocycles. The summed E-state index contributed by atoms with van der Waals surface area (Å²) in [6, 6.07) is 8.34. The zero-order valence-corrected chi connectivity index (χ0v) is 10.4. The molecule has 18 heavy (non-hydrogen) atoms. The minimum Gasteiger partial charge on any atom is -0.369 e. The highest BCUT2D eigenvalue weighted by Gasteiger charge is 2.11. The molecule has 0 aliphatic carbocycles. The van der Waals surface area contributed by atoms with Crippen molar-refractivity contribution in [2.24, 2.45) is 7.05 Å². The molecular weight excluding hydrogens is 228 g/mol. The fraction of sp³-hybridized carbons (Fsp3) is 0.417. The first kappa shape index (κ1) is 11.2. The van der Waals surface area contributed by atoms with Crippen LogP contribution in [-0.2, 0) is 7.05 Å². The molecule has 0 amide bonds. The second-order valence-corrected chi connectivity index (χ2v) is 4.39. The Morgan fingerprint density at radius 2 is 1.83 bits per heavy atom. The second-order valence-electron chi connectivity index (χ2n) is 4.39. The zero-order valence-electron chi connectivity index (χ0n) is 10.4.